The highest BCUT2D eigenvalue weighted by molar-refractivity contribution is 9.09. The first-order chi connectivity index (χ1) is 5.04. The minimum Gasteiger partial charge on any atom is -0.387 e. The zero-order valence-corrected chi connectivity index (χ0v) is 7.05. The Morgan fingerprint density at radius 2 is 1.45 bits per heavy atom. The van der Waals surface area contributed by atoms with E-state index in [1.807, 2.05) is 0 Å². The molecule has 1 aliphatic rings. The SMILES string of the molecule is OC1OC(Br)C(O)C(O)C1O. The molecule has 5 nitrogen and oxygen atoms in total. The second-order valence-corrected chi connectivity index (χ2v) is 3.25. The lowest BCUT2D eigenvalue weighted by atomic mass is 10.1. The minimum absolute atomic E-state index is 0.851. The first-order valence-corrected chi connectivity index (χ1v) is 3.97. The van der Waals surface area contributed by atoms with Crippen LogP contribution in [0.3, 0.4) is 0 Å². The van der Waals surface area contributed by atoms with Gasteiger partial charge in [-0.25, -0.2) is 0 Å². The summed E-state index contributed by atoms with van der Waals surface area (Å²) in [7, 11) is 0. The molecular formula is C5H9BrO5. The summed E-state index contributed by atoms with van der Waals surface area (Å²) >= 11 is 2.86. The standard InChI is InChI=1S/C5H9BrO5/c6-4-2(8)1(7)3(9)5(10)11-4/h1-5,7-10H. The molecular weight excluding hydrogens is 220 g/mol. The summed E-state index contributed by atoms with van der Waals surface area (Å²) in [6, 6.07) is 0. The van der Waals surface area contributed by atoms with Crippen LogP contribution < -0.4 is 0 Å². The Morgan fingerprint density at radius 3 is 2.00 bits per heavy atom. The molecule has 0 saturated carbocycles. The third kappa shape index (κ3) is 1.71. The van der Waals surface area contributed by atoms with E-state index in [0.29, 0.717) is 0 Å². The van der Waals surface area contributed by atoms with E-state index >= 15 is 0 Å². The molecule has 1 heterocycles. The zero-order valence-electron chi connectivity index (χ0n) is 5.46. The van der Waals surface area contributed by atoms with Crippen molar-refractivity contribution in [3.8, 4) is 0 Å². The van der Waals surface area contributed by atoms with Crippen LogP contribution in [0.5, 0.6) is 0 Å². The summed E-state index contributed by atoms with van der Waals surface area (Å²) in [6.45, 7) is 0. The monoisotopic (exact) mass is 228 g/mol. The van der Waals surface area contributed by atoms with Gasteiger partial charge in [0.15, 0.2) is 6.29 Å². The van der Waals surface area contributed by atoms with Crippen LogP contribution in [0.25, 0.3) is 0 Å². The lowest BCUT2D eigenvalue weighted by Gasteiger charge is -2.35. The highest BCUT2D eigenvalue weighted by atomic mass is 79.9. The smallest absolute Gasteiger partial charge is 0.185 e. The van der Waals surface area contributed by atoms with Gasteiger partial charge in [0.1, 0.15) is 23.3 Å². The van der Waals surface area contributed by atoms with Gasteiger partial charge in [0.05, 0.1) is 0 Å². The number of alkyl halides is 1. The summed E-state index contributed by atoms with van der Waals surface area (Å²) in [6.07, 6.45) is -5.53. The number of hydrogen-bond donors (Lipinski definition) is 4. The maximum Gasteiger partial charge on any atom is 0.185 e. The van der Waals surface area contributed by atoms with Crippen molar-refractivity contribution in [3.05, 3.63) is 0 Å². The molecule has 1 saturated heterocycles. The van der Waals surface area contributed by atoms with Gasteiger partial charge in [-0.3, -0.25) is 0 Å². The molecule has 0 aromatic rings. The molecule has 0 aromatic heterocycles. The van der Waals surface area contributed by atoms with Crippen LogP contribution in [0.2, 0.25) is 0 Å². The second kappa shape index (κ2) is 3.34. The molecule has 1 aliphatic heterocycles. The van der Waals surface area contributed by atoms with Crippen LogP contribution in [0.15, 0.2) is 0 Å². The molecule has 66 valence electrons. The van der Waals surface area contributed by atoms with Gasteiger partial charge in [0.25, 0.3) is 0 Å². The lowest BCUT2D eigenvalue weighted by Crippen LogP contribution is -2.55. The van der Waals surface area contributed by atoms with Crippen LogP contribution in [0, 0.1) is 0 Å². The van der Waals surface area contributed by atoms with Crippen molar-refractivity contribution in [1.29, 1.82) is 0 Å². The van der Waals surface area contributed by atoms with Crippen LogP contribution in [0.1, 0.15) is 0 Å². The van der Waals surface area contributed by atoms with Gasteiger partial charge in [-0.1, -0.05) is 15.9 Å². The summed E-state index contributed by atoms with van der Waals surface area (Å²) in [5, 5.41) is 35.0. The van der Waals surface area contributed by atoms with Crippen LogP contribution in [-0.2, 0) is 4.74 Å². The summed E-state index contributed by atoms with van der Waals surface area (Å²) < 4.78 is 4.59. The molecule has 5 unspecified atom stereocenters. The lowest BCUT2D eigenvalue weighted by molar-refractivity contribution is -0.260. The molecule has 0 radical (unpaired) electrons. The average Bonchev–Trinajstić information content (AvgIpc) is 1.97. The molecule has 4 N–H and O–H groups in total. The number of rotatable bonds is 0. The quantitative estimate of drug-likeness (QED) is 0.366. The highest BCUT2D eigenvalue weighted by Crippen LogP contribution is 2.22. The van der Waals surface area contributed by atoms with Crippen molar-refractivity contribution in [1.82, 2.24) is 0 Å². The van der Waals surface area contributed by atoms with E-state index in [0.717, 1.165) is 0 Å². The minimum atomic E-state index is -1.46. The molecule has 0 bridgehead atoms. The van der Waals surface area contributed by atoms with Gasteiger partial charge < -0.3 is 25.2 Å². The predicted octanol–water partition coefficient (Wildman–Crippen LogP) is -1.86. The number of aliphatic hydroxyl groups excluding tert-OH is 4. The van der Waals surface area contributed by atoms with Crippen LogP contribution in [-0.4, -0.2) is 50.0 Å². The Morgan fingerprint density at radius 1 is 0.909 bits per heavy atom. The first-order valence-electron chi connectivity index (χ1n) is 3.06. The van der Waals surface area contributed by atoms with Gasteiger partial charge in [-0.15, -0.1) is 0 Å². The fourth-order valence-corrected chi connectivity index (χ4v) is 1.35. The maximum atomic E-state index is 9.04. The van der Waals surface area contributed by atoms with Crippen LogP contribution in [0.4, 0.5) is 0 Å². The second-order valence-electron chi connectivity index (χ2n) is 2.35. The van der Waals surface area contributed by atoms with Crippen LogP contribution >= 0.6 is 15.9 Å². The Hall–Kier alpha value is 0.280. The molecule has 0 amide bonds. The van der Waals surface area contributed by atoms with Crippen molar-refractivity contribution < 1.29 is 25.2 Å². The molecule has 6 heteroatoms. The van der Waals surface area contributed by atoms with Crippen molar-refractivity contribution in [2.45, 2.75) is 29.6 Å². The molecule has 0 aliphatic carbocycles. The zero-order chi connectivity index (χ0) is 8.59. The van der Waals surface area contributed by atoms with E-state index in [1.165, 1.54) is 0 Å². The normalized spacial score (nSPS) is 52.6. The van der Waals surface area contributed by atoms with Gasteiger partial charge in [0, 0.05) is 0 Å². The first kappa shape index (κ1) is 9.37. The number of hydrogen-bond acceptors (Lipinski definition) is 5. The van der Waals surface area contributed by atoms with Crippen molar-refractivity contribution >= 4 is 15.9 Å². The van der Waals surface area contributed by atoms with Gasteiger partial charge >= 0.3 is 0 Å². The van der Waals surface area contributed by atoms with Crippen molar-refractivity contribution in [2.75, 3.05) is 0 Å². The average molecular weight is 229 g/mol. The van der Waals surface area contributed by atoms with E-state index in [9.17, 15) is 0 Å². The van der Waals surface area contributed by atoms with Gasteiger partial charge in [-0.2, -0.15) is 0 Å². The number of aliphatic hydroxyl groups is 4. The maximum absolute atomic E-state index is 9.04. The third-order valence-electron chi connectivity index (χ3n) is 1.53. The molecule has 0 spiro atoms. The van der Waals surface area contributed by atoms with Gasteiger partial charge in [-0.05, 0) is 0 Å². The van der Waals surface area contributed by atoms with Crippen molar-refractivity contribution in [2.24, 2.45) is 0 Å². The largest absolute Gasteiger partial charge is 0.387 e. The Bertz CT molecular complexity index is 129. The molecule has 1 rings (SSSR count). The summed E-state index contributed by atoms with van der Waals surface area (Å²) in [4.78, 5) is 0. The molecule has 1 fully saturated rings. The molecule has 0 aromatic carbocycles. The summed E-state index contributed by atoms with van der Waals surface area (Å²) in [5.41, 5.74) is 0. The van der Waals surface area contributed by atoms with E-state index in [2.05, 4.69) is 20.7 Å². The van der Waals surface area contributed by atoms with E-state index < -0.39 is 29.6 Å². The topological polar surface area (TPSA) is 90.2 Å². The fraction of sp³-hybridized carbons (Fsp3) is 1.00. The van der Waals surface area contributed by atoms with E-state index in [4.69, 9.17) is 20.4 Å². The number of halogens is 1. The van der Waals surface area contributed by atoms with Crippen molar-refractivity contribution in [3.63, 3.8) is 0 Å². The predicted molar refractivity (Wildman–Crippen MR) is 37.8 cm³/mol. The molecule has 5 atom stereocenters. The van der Waals surface area contributed by atoms with E-state index in [-0.39, 0.29) is 0 Å². The Labute approximate surface area is 71.4 Å². The van der Waals surface area contributed by atoms with E-state index in [1.54, 1.807) is 0 Å². The Kier molecular flexibility index (Phi) is 2.84. The molecule has 11 heavy (non-hydrogen) atoms. The Balaban J connectivity index is 2.63. The number of ether oxygens (including phenoxy) is 1. The third-order valence-corrected chi connectivity index (χ3v) is 2.29. The highest BCUT2D eigenvalue weighted by Gasteiger charge is 2.41. The fourth-order valence-electron chi connectivity index (χ4n) is 0.820. The summed E-state index contributed by atoms with van der Waals surface area (Å²) in [5.74, 6) is 0. The van der Waals surface area contributed by atoms with Gasteiger partial charge in [0.2, 0.25) is 0 Å².